The van der Waals surface area contributed by atoms with Crippen LogP contribution in [0.5, 0.6) is 5.75 Å². The molecule has 23 heavy (non-hydrogen) atoms. The highest BCUT2D eigenvalue weighted by molar-refractivity contribution is 6.30. The van der Waals surface area contributed by atoms with Crippen LogP contribution in [0.2, 0.25) is 5.02 Å². The lowest BCUT2D eigenvalue weighted by Gasteiger charge is -2.12. The van der Waals surface area contributed by atoms with E-state index in [0.717, 1.165) is 29.0 Å². The van der Waals surface area contributed by atoms with E-state index in [2.05, 4.69) is 24.3 Å². The van der Waals surface area contributed by atoms with Gasteiger partial charge in [-0.05, 0) is 59.5 Å². The minimum atomic E-state index is 0.716. The summed E-state index contributed by atoms with van der Waals surface area (Å²) in [7, 11) is 1.68. The van der Waals surface area contributed by atoms with Crippen LogP contribution in [0.15, 0.2) is 66.7 Å². The third-order valence-electron chi connectivity index (χ3n) is 3.79. The van der Waals surface area contributed by atoms with E-state index in [0.29, 0.717) is 5.02 Å². The number of benzene rings is 3. The van der Waals surface area contributed by atoms with Crippen LogP contribution < -0.4 is 10.5 Å². The second kappa shape index (κ2) is 6.76. The molecule has 2 N–H and O–H groups in total. The van der Waals surface area contributed by atoms with Gasteiger partial charge in [-0.2, -0.15) is 0 Å². The first-order chi connectivity index (χ1) is 11.2. The Morgan fingerprint density at radius 1 is 0.913 bits per heavy atom. The van der Waals surface area contributed by atoms with Crippen molar-refractivity contribution in [2.24, 2.45) is 0 Å². The summed E-state index contributed by atoms with van der Waals surface area (Å²) in [5, 5.41) is 0.716. The van der Waals surface area contributed by atoms with Crippen LogP contribution in [-0.2, 0) is 6.42 Å². The fourth-order valence-electron chi connectivity index (χ4n) is 2.62. The summed E-state index contributed by atoms with van der Waals surface area (Å²) in [5.74, 6) is 0.841. The van der Waals surface area contributed by atoms with Crippen LogP contribution in [0.4, 0.5) is 5.69 Å². The second-order valence-corrected chi connectivity index (χ2v) is 5.90. The molecule has 0 amide bonds. The first-order valence-corrected chi connectivity index (χ1v) is 7.81. The molecule has 3 rings (SSSR count). The first-order valence-electron chi connectivity index (χ1n) is 7.43. The van der Waals surface area contributed by atoms with E-state index in [1.807, 2.05) is 42.5 Å². The van der Waals surface area contributed by atoms with Crippen LogP contribution in [0.25, 0.3) is 11.1 Å². The fraction of sp³-hybridized carbons (Fsp3) is 0.100. The number of nitrogen functional groups attached to an aromatic ring is 1. The van der Waals surface area contributed by atoms with Gasteiger partial charge < -0.3 is 10.5 Å². The van der Waals surface area contributed by atoms with Crippen molar-refractivity contribution in [3.05, 3.63) is 82.9 Å². The summed E-state index contributed by atoms with van der Waals surface area (Å²) >= 11 is 6.12. The Balaban J connectivity index is 1.97. The number of nitrogens with two attached hydrogens (primary N) is 1. The second-order valence-electron chi connectivity index (χ2n) is 5.46. The van der Waals surface area contributed by atoms with Gasteiger partial charge in [0.05, 0.1) is 7.11 Å². The lowest BCUT2D eigenvalue weighted by atomic mass is 9.98. The first kappa shape index (κ1) is 15.4. The molecule has 3 aromatic rings. The molecular formula is C20H18ClNO. The van der Waals surface area contributed by atoms with E-state index in [-0.39, 0.29) is 0 Å². The highest BCUT2D eigenvalue weighted by Gasteiger charge is 2.08. The van der Waals surface area contributed by atoms with Gasteiger partial charge in [-0.25, -0.2) is 0 Å². The van der Waals surface area contributed by atoms with Crippen LogP contribution >= 0.6 is 11.6 Å². The Hall–Kier alpha value is -2.45. The highest BCUT2D eigenvalue weighted by atomic mass is 35.5. The van der Waals surface area contributed by atoms with Crippen LogP contribution in [0, 0.1) is 0 Å². The van der Waals surface area contributed by atoms with Crippen molar-refractivity contribution in [1.82, 2.24) is 0 Å². The quantitative estimate of drug-likeness (QED) is 0.671. The van der Waals surface area contributed by atoms with Gasteiger partial charge in [0, 0.05) is 16.3 Å². The number of anilines is 1. The summed E-state index contributed by atoms with van der Waals surface area (Å²) in [6.07, 6.45) is 0.845. The van der Waals surface area contributed by atoms with Crippen molar-refractivity contribution in [3.8, 4) is 16.9 Å². The van der Waals surface area contributed by atoms with Crippen LogP contribution in [0.3, 0.4) is 0 Å². The van der Waals surface area contributed by atoms with Crippen molar-refractivity contribution >= 4 is 17.3 Å². The monoisotopic (exact) mass is 323 g/mol. The van der Waals surface area contributed by atoms with Gasteiger partial charge in [0.15, 0.2) is 0 Å². The smallest absolute Gasteiger partial charge is 0.126 e. The molecule has 0 aliphatic rings. The molecule has 116 valence electrons. The van der Waals surface area contributed by atoms with Gasteiger partial charge in [-0.1, -0.05) is 41.9 Å². The number of hydrogen-bond donors (Lipinski definition) is 1. The normalized spacial score (nSPS) is 10.5. The summed E-state index contributed by atoms with van der Waals surface area (Å²) in [4.78, 5) is 0. The molecular weight excluding hydrogens is 306 g/mol. The third kappa shape index (κ3) is 3.66. The maximum atomic E-state index is 6.12. The van der Waals surface area contributed by atoms with E-state index in [1.54, 1.807) is 7.11 Å². The lowest BCUT2D eigenvalue weighted by Crippen LogP contribution is -1.93. The molecule has 0 radical (unpaired) electrons. The van der Waals surface area contributed by atoms with E-state index in [1.165, 1.54) is 11.1 Å². The molecule has 3 aromatic carbocycles. The molecule has 0 saturated carbocycles. The summed E-state index contributed by atoms with van der Waals surface area (Å²) in [6.45, 7) is 0. The standard InChI is InChI=1S/C20H18ClNO/c1-23-20-10-7-15(11-14-5-8-18(22)9-6-14)12-19(20)16-3-2-4-17(21)13-16/h2-10,12-13H,11,22H2,1H3. The molecule has 0 spiro atoms. The molecule has 3 heteroatoms. The molecule has 0 aromatic heterocycles. The fourth-order valence-corrected chi connectivity index (χ4v) is 2.81. The lowest BCUT2D eigenvalue weighted by molar-refractivity contribution is 0.416. The van der Waals surface area contributed by atoms with Crippen molar-refractivity contribution < 1.29 is 4.74 Å². The van der Waals surface area contributed by atoms with Gasteiger partial charge in [0.2, 0.25) is 0 Å². The van der Waals surface area contributed by atoms with E-state index in [9.17, 15) is 0 Å². The zero-order chi connectivity index (χ0) is 16.2. The summed E-state index contributed by atoms with van der Waals surface area (Å²) in [5.41, 5.74) is 11.1. The molecule has 0 aliphatic carbocycles. The molecule has 0 atom stereocenters. The van der Waals surface area contributed by atoms with Crippen LogP contribution in [-0.4, -0.2) is 7.11 Å². The molecule has 0 bridgehead atoms. The van der Waals surface area contributed by atoms with Gasteiger partial charge in [0.25, 0.3) is 0 Å². The Kier molecular flexibility index (Phi) is 4.54. The predicted molar refractivity (Wildman–Crippen MR) is 97.1 cm³/mol. The number of methoxy groups -OCH3 is 1. The van der Waals surface area contributed by atoms with E-state index >= 15 is 0 Å². The van der Waals surface area contributed by atoms with Crippen molar-refractivity contribution in [3.63, 3.8) is 0 Å². The minimum Gasteiger partial charge on any atom is -0.496 e. The predicted octanol–water partition coefficient (Wildman–Crippen LogP) is 5.19. The van der Waals surface area contributed by atoms with E-state index < -0.39 is 0 Å². The zero-order valence-electron chi connectivity index (χ0n) is 12.9. The number of ether oxygens (including phenoxy) is 1. The minimum absolute atomic E-state index is 0.716. The van der Waals surface area contributed by atoms with Gasteiger partial charge in [0.1, 0.15) is 5.75 Å². The number of hydrogen-bond acceptors (Lipinski definition) is 2. The Bertz CT molecular complexity index is 812. The molecule has 0 saturated heterocycles. The average Bonchev–Trinajstić information content (AvgIpc) is 2.57. The highest BCUT2D eigenvalue weighted by Crippen LogP contribution is 2.32. The maximum Gasteiger partial charge on any atom is 0.126 e. The molecule has 0 aliphatic heterocycles. The molecule has 0 unspecified atom stereocenters. The van der Waals surface area contributed by atoms with Crippen LogP contribution in [0.1, 0.15) is 11.1 Å². The Labute approximate surface area is 141 Å². The molecule has 0 fully saturated rings. The maximum absolute atomic E-state index is 6.12. The Morgan fingerprint density at radius 3 is 2.35 bits per heavy atom. The molecule has 2 nitrogen and oxygen atoms in total. The van der Waals surface area contributed by atoms with Gasteiger partial charge in [-0.3, -0.25) is 0 Å². The summed E-state index contributed by atoms with van der Waals surface area (Å²) in [6, 6.07) is 22.0. The van der Waals surface area contributed by atoms with Gasteiger partial charge in [-0.15, -0.1) is 0 Å². The SMILES string of the molecule is COc1ccc(Cc2ccc(N)cc2)cc1-c1cccc(Cl)c1. The topological polar surface area (TPSA) is 35.2 Å². The number of rotatable bonds is 4. The summed E-state index contributed by atoms with van der Waals surface area (Å²) < 4.78 is 5.50. The van der Waals surface area contributed by atoms with Crippen molar-refractivity contribution in [2.75, 3.05) is 12.8 Å². The Morgan fingerprint density at radius 2 is 1.65 bits per heavy atom. The third-order valence-corrected chi connectivity index (χ3v) is 4.02. The molecule has 0 heterocycles. The van der Waals surface area contributed by atoms with Crippen molar-refractivity contribution in [2.45, 2.75) is 6.42 Å². The number of halogens is 1. The van der Waals surface area contributed by atoms with Gasteiger partial charge >= 0.3 is 0 Å². The van der Waals surface area contributed by atoms with E-state index in [4.69, 9.17) is 22.1 Å². The largest absolute Gasteiger partial charge is 0.496 e. The average molecular weight is 324 g/mol. The van der Waals surface area contributed by atoms with Crippen molar-refractivity contribution in [1.29, 1.82) is 0 Å². The zero-order valence-corrected chi connectivity index (χ0v) is 13.7.